The van der Waals surface area contributed by atoms with E-state index in [1.165, 1.54) is 0 Å². The third-order valence-corrected chi connectivity index (χ3v) is 2.70. The minimum Gasteiger partial charge on any atom is -0.459 e. The number of amides is 1. The summed E-state index contributed by atoms with van der Waals surface area (Å²) in [5, 5.41) is 2.69. The second-order valence-electron chi connectivity index (χ2n) is 4.91. The Balaban J connectivity index is 2.58. The highest BCUT2D eigenvalue weighted by Gasteiger charge is 2.14. The van der Waals surface area contributed by atoms with Crippen LogP contribution < -0.4 is 11.1 Å². The Morgan fingerprint density at radius 3 is 2.38 bits per heavy atom. The lowest BCUT2D eigenvalue weighted by Crippen LogP contribution is -2.36. The van der Waals surface area contributed by atoms with Crippen molar-refractivity contribution in [2.75, 3.05) is 19.0 Å². The molecule has 21 heavy (non-hydrogen) atoms. The Labute approximate surface area is 124 Å². The Morgan fingerprint density at radius 1 is 1.24 bits per heavy atom. The summed E-state index contributed by atoms with van der Waals surface area (Å²) in [7, 11) is 1.56. The molecule has 0 saturated heterocycles. The van der Waals surface area contributed by atoms with Gasteiger partial charge in [-0.05, 0) is 44.5 Å². The third kappa shape index (κ3) is 5.93. The Morgan fingerprint density at radius 2 is 1.86 bits per heavy atom. The summed E-state index contributed by atoms with van der Waals surface area (Å²) in [4.78, 5) is 23.5. The second kappa shape index (κ2) is 8.39. The first kappa shape index (κ1) is 17.1. The minimum atomic E-state index is -0.629. The standard InChI is InChI=1S/C15H22N2O4/c1-10(2)21-15(19)11-4-6-12(7-5-11)17-14(18)13(16)8-9-20-3/h4-7,10,13H,8-9,16H2,1-3H3,(H,17,18). The van der Waals surface area contributed by atoms with E-state index in [0.29, 0.717) is 24.3 Å². The van der Waals surface area contributed by atoms with Gasteiger partial charge in [0.1, 0.15) is 0 Å². The van der Waals surface area contributed by atoms with E-state index in [1.807, 2.05) is 0 Å². The molecule has 116 valence electrons. The third-order valence-electron chi connectivity index (χ3n) is 2.70. The first-order valence-electron chi connectivity index (χ1n) is 6.80. The van der Waals surface area contributed by atoms with Crippen LogP contribution in [-0.4, -0.2) is 37.7 Å². The highest BCUT2D eigenvalue weighted by atomic mass is 16.5. The van der Waals surface area contributed by atoms with Crippen molar-refractivity contribution in [1.82, 2.24) is 0 Å². The normalized spacial score (nSPS) is 12.0. The fourth-order valence-corrected chi connectivity index (χ4v) is 1.58. The maximum atomic E-state index is 11.8. The van der Waals surface area contributed by atoms with Crippen molar-refractivity contribution in [3.8, 4) is 0 Å². The molecule has 1 unspecified atom stereocenters. The van der Waals surface area contributed by atoms with Gasteiger partial charge < -0.3 is 20.5 Å². The number of hydrogen-bond acceptors (Lipinski definition) is 5. The van der Waals surface area contributed by atoms with Crippen LogP contribution in [0.4, 0.5) is 5.69 Å². The molecule has 0 aliphatic carbocycles. The summed E-state index contributed by atoms with van der Waals surface area (Å²) in [6.45, 7) is 4.00. The van der Waals surface area contributed by atoms with Gasteiger partial charge in [0.2, 0.25) is 5.91 Å². The van der Waals surface area contributed by atoms with E-state index in [2.05, 4.69) is 5.32 Å². The van der Waals surface area contributed by atoms with Gasteiger partial charge >= 0.3 is 5.97 Å². The van der Waals surface area contributed by atoms with Crippen LogP contribution in [0.25, 0.3) is 0 Å². The molecule has 0 saturated carbocycles. The van der Waals surface area contributed by atoms with Gasteiger partial charge in [0.15, 0.2) is 0 Å². The number of esters is 1. The zero-order valence-electron chi connectivity index (χ0n) is 12.6. The summed E-state index contributed by atoms with van der Waals surface area (Å²) < 4.78 is 9.95. The molecule has 0 aromatic heterocycles. The number of rotatable bonds is 7. The summed E-state index contributed by atoms with van der Waals surface area (Å²) in [6.07, 6.45) is 0.275. The first-order chi connectivity index (χ1) is 9.93. The number of carbonyl (C=O) groups excluding carboxylic acids is 2. The molecule has 3 N–H and O–H groups in total. The molecule has 0 spiro atoms. The molecule has 1 rings (SSSR count). The van der Waals surface area contributed by atoms with Gasteiger partial charge in [0.25, 0.3) is 0 Å². The van der Waals surface area contributed by atoms with Gasteiger partial charge in [-0.15, -0.1) is 0 Å². The van der Waals surface area contributed by atoms with Crippen molar-refractivity contribution < 1.29 is 19.1 Å². The van der Waals surface area contributed by atoms with Crippen LogP contribution in [0.3, 0.4) is 0 Å². The van der Waals surface area contributed by atoms with Crippen molar-refractivity contribution in [2.45, 2.75) is 32.4 Å². The Bertz CT molecular complexity index is 471. The van der Waals surface area contributed by atoms with Gasteiger partial charge in [0.05, 0.1) is 17.7 Å². The lowest BCUT2D eigenvalue weighted by atomic mass is 10.2. The minimum absolute atomic E-state index is 0.171. The van der Waals surface area contributed by atoms with Gasteiger partial charge in [0, 0.05) is 19.4 Å². The van der Waals surface area contributed by atoms with Crippen molar-refractivity contribution in [2.24, 2.45) is 5.73 Å². The maximum Gasteiger partial charge on any atom is 0.338 e. The molecular formula is C15H22N2O4. The van der Waals surface area contributed by atoms with Gasteiger partial charge in [-0.1, -0.05) is 0 Å². The van der Waals surface area contributed by atoms with Crippen molar-refractivity contribution in [1.29, 1.82) is 0 Å². The molecule has 0 heterocycles. The molecule has 0 aliphatic rings. The van der Waals surface area contributed by atoms with E-state index in [-0.39, 0.29) is 18.0 Å². The number of nitrogens with one attached hydrogen (secondary N) is 1. The first-order valence-corrected chi connectivity index (χ1v) is 6.80. The average Bonchev–Trinajstić information content (AvgIpc) is 2.44. The van der Waals surface area contributed by atoms with E-state index in [0.717, 1.165) is 0 Å². The van der Waals surface area contributed by atoms with E-state index < -0.39 is 6.04 Å². The van der Waals surface area contributed by atoms with Crippen molar-refractivity contribution >= 4 is 17.6 Å². The molecule has 1 atom stereocenters. The average molecular weight is 294 g/mol. The van der Waals surface area contributed by atoms with E-state index in [4.69, 9.17) is 15.2 Å². The van der Waals surface area contributed by atoms with Crippen LogP contribution in [0.1, 0.15) is 30.6 Å². The molecule has 0 fully saturated rings. The van der Waals surface area contributed by atoms with Crippen LogP contribution in [-0.2, 0) is 14.3 Å². The van der Waals surface area contributed by atoms with Gasteiger partial charge in [-0.2, -0.15) is 0 Å². The predicted molar refractivity (Wildman–Crippen MR) is 80.1 cm³/mol. The molecule has 0 aliphatic heterocycles. The van der Waals surface area contributed by atoms with Crippen LogP contribution >= 0.6 is 0 Å². The van der Waals surface area contributed by atoms with Crippen LogP contribution in [0, 0.1) is 0 Å². The zero-order chi connectivity index (χ0) is 15.8. The number of methoxy groups -OCH3 is 1. The monoisotopic (exact) mass is 294 g/mol. The topological polar surface area (TPSA) is 90.6 Å². The zero-order valence-corrected chi connectivity index (χ0v) is 12.6. The maximum absolute atomic E-state index is 11.8. The number of benzene rings is 1. The predicted octanol–water partition coefficient (Wildman–Crippen LogP) is 1.55. The highest BCUT2D eigenvalue weighted by Crippen LogP contribution is 2.12. The van der Waals surface area contributed by atoms with Crippen LogP contribution in [0.2, 0.25) is 0 Å². The van der Waals surface area contributed by atoms with Gasteiger partial charge in [-0.3, -0.25) is 4.79 Å². The molecule has 0 radical (unpaired) electrons. The lowest BCUT2D eigenvalue weighted by Gasteiger charge is -2.12. The number of ether oxygens (including phenoxy) is 2. The fraction of sp³-hybridized carbons (Fsp3) is 0.467. The van der Waals surface area contributed by atoms with E-state index >= 15 is 0 Å². The smallest absolute Gasteiger partial charge is 0.338 e. The lowest BCUT2D eigenvalue weighted by molar-refractivity contribution is -0.117. The van der Waals surface area contributed by atoms with Crippen LogP contribution in [0.15, 0.2) is 24.3 Å². The SMILES string of the molecule is COCCC(N)C(=O)Nc1ccc(C(=O)OC(C)C)cc1. The Kier molecular flexibility index (Phi) is 6.84. The quantitative estimate of drug-likeness (QED) is 0.745. The summed E-state index contributed by atoms with van der Waals surface area (Å²) in [6, 6.07) is 5.84. The summed E-state index contributed by atoms with van der Waals surface area (Å²) >= 11 is 0. The molecule has 1 aromatic carbocycles. The highest BCUT2D eigenvalue weighted by molar-refractivity contribution is 5.95. The molecule has 0 bridgehead atoms. The Hall–Kier alpha value is -1.92. The molecule has 6 nitrogen and oxygen atoms in total. The number of anilines is 1. The number of hydrogen-bond donors (Lipinski definition) is 2. The van der Waals surface area contributed by atoms with Crippen molar-refractivity contribution in [3.05, 3.63) is 29.8 Å². The number of carbonyl (C=O) groups is 2. The van der Waals surface area contributed by atoms with Crippen molar-refractivity contribution in [3.63, 3.8) is 0 Å². The molecule has 1 amide bonds. The largest absolute Gasteiger partial charge is 0.459 e. The molecular weight excluding hydrogens is 272 g/mol. The number of nitrogens with two attached hydrogens (primary N) is 1. The molecule has 6 heteroatoms. The summed E-state index contributed by atoms with van der Waals surface area (Å²) in [5.41, 5.74) is 6.73. The van der Waals surface area contributed by atoms with E-state index in [1.54, 1.807) is 45.2 Å². The summed E-state index contributed by atoms with van der Waals surface area (Å²) in [5.74, 6) is -0.677. The van der Waals surface area contributed by atoms with Crippen LogP contribution in [0.5, 0.6) is 0 Å². The fourth-order valence-electron chi connectivity index (χ4n) is 1.58. The van der Waals surface area contributed by atoms with Gasteiger partial charge in [-0.25, -0.2) is 4.79 Å². The molecule has 1 aromatic rings. The second-order valence-corrected chi connectivity index (χ2v) is 4.91. The van der Waals surface area contributed by atoms with E-state index in [9.17, 15) is 9.59 Å².